The van der Waals surface area contributed by atoms with Crippen molar-refractivity contribution >= 4 is 57.8 Å². The highest BCUT2D eigenvalue weighted by molar-refractivity contribution is 8.15. The average molecular weight is 577 g/mol. The van der Waals surface area contributed by atoms with Gasteiger partial charge in [0.25, 0.3) is 5.24 Å². The highest BCUT2D eigenvalue weighted by Crippen LogP contribution is 2.36. The lowest BCUT2D eigenvalue weighted by Crippen LogP contribution is -2.53. The first-order valence-electron chi connectivity index (χ1n) is 11.3. The van der Waals surface area contributed by atoms with Crippen LogP contribution in [0.2, 0.25) is 5.02 Å². The van der Waals surface area contributed by atoms with E-state index in [1.165, 1.54) is 16.8 Å². The van der Waals surface area contributed by atoms with Crippen LogP contribution in [0, 0.1) is 0 Å². The smallest absolute Gasteiger partial charge is 0.314 e. The number of carbonyl (C=O) groups is 2. The van der Waals surface area contributed by atoms with E-state index in [-0.39, 0.29) is 42.5 Å². The number of nitrogens with one attached hydrogen (secondary N) is 1. The van der Waals surface area contributed by atoms with Crippen LogP contribution in [-0.4, -0.2) is 56.4 Å². The van der Waals surface area contributed by atoms with Crippen LogP contribution in [-0.2, 0) is 23.9 Å². The van der Waals surface area contributed by atoms with Crippen LogP contribution in [0.1, 0.15) is 23.1 Å². The number of nitrogens with zero attached hydrogens (tertiary/aromatic N) is 3. The number of rotatable bonds is 5. The molecule has 0 saturated carbocycles. The zero-order valence-electron chi connectivity index (χ0n) is 19.2. The summed E-state index contributed by atoms with van der Waals surface area (Å²) in [4.78, 5) is 26.5. The summed E-state index contributed by atoms with van der Waals surface area (Å²) in [6.07, 6.45) is -3.66. The minimum Gasteiger partial charge on any atom is -0.314 e. The quantitative estimate of drug-likeness (QED) is 0.407. The summed E-state index contributed by atoms with van der Waals surface area (Å²) in [5, 5.41) is 6.77. The number of halogens is 6. The Hall–Kier alpha value is -2.34. The number of aromatic nitrogens is 2. The van der Waals surface area contributed by atoms with E-state index in [1.54, 1.807) is 24.4 Å². The summed E-state index contributed by atoms with van der Waals surface area (Å²) in [6.45, 7) is 0.548. The lowest BCUT2D eigenvalue weighted by atomic mass is 10.0. The zero-order valence-corrected chi connectivity index (χ0v) is 21.6. The van der Waals surface area contributed by atoms with Crippen LogP contribution in [0.25, 0.3) is 10.9 Å². The molecule has 0 bridgehead atoms. The van der Waals surface area contributed by atoms with Crippen molar-refractivity contribution in [2.45, 2.75) is 43.0 Å². The van der Waals surface area contributed by atoms with Crippen molar-refractivity contribution in [1.82, 2.24) is 20.0 Å². The Labute approximate surface area is 225 Å². The number of amides is 2. The Morgan fingerprint density at radius 2 is 1.95 bits per heavy atom. The number of fused-ring (bicyclic) bond motifs is 1. The molecule has 3 heterocycles. The first kappa shape index (κ1) is 27.7. The fourth-order valence-corrected chi connectivity index (χ4v) is 5.96. The molecule has 2 aliphatic heterocycles. The third-order valence-electron chi connectivity index (χ3n) is 6.48. The maximum atomic E-state index is 14.3. The number of benzene rings is 2. The van der Waals surface area contributed by atoms with E-state index in [0.717, 1.165) is 28.3 Å². The van der Waals surface area contributed by atoms with Gasteiger partial charge in [0.1, 0.15) is 6.17 Å². The van der Waals surface area contributed by atoms with Crippen LogP contribution < -0.4 is 5.32 Å². The van der Waals surface area contributed by atoms with Crippen LogP contribution in [0.4, 0.5) is 22.4 Å². The SMILES string of the molecule is Cl.O=C1SC(Cc2ccc3c(cnn3Cc3ccc(Cl)cc3C(F)(F)F)c2)C(=O)N1[C@@H]1CCNC[C@H]1F. The predicted octanol–water partition coefficient (Wildman–Crippen LogP) is 5.49. The molecule has 0 radical (unpaired) electrons. The van der Waals surface area contributed by atoms with Gasteiger partial charge in [0, 0.05) is 17.0 Å². The van der Waals surface area contributed by atoms with E-state index in [9.17, 15) is 27.2 Å². The molecule has 37 heavy (non-hydrogen) atoms. The minimum absolute atomic E-state index is 0. The molecule has 0 spiro atoms. The molecular formula is C24H22Cl2F4N4O2S. The molecule has 198 valence electrons. The minimum atomic E-state index is -4.55. The number of alkyl halides is 4. The topological polar surface area (TPSA) is 67.2 Å². The first-order chi connectivity index (χ1) is 17.1. The molecule has 1 aromatic heterocycles. The maximum Gasteiger partial charge on any atom is 0.416 e. The first-order valence-corrected chi connectivity index (χ1v) is 12.6. The maximum absolute atomic E-state index is 14.3. The van der Waals surface area contributed by atoms with Crippen LogP contribution >= 0.6 is 35.8 Å². The number of hydrogen-bond donors (Lipinski definition) is 1. The molecule has 2 fully saturated rings. The third kappa shape index (κ3) is 5.59. The molecule has 2 aromatic carbocycles. The molecule has 1 N–H and O–H groups in total. The van der Waals surface area contributed by atoms with Gasteiger partial charge < -0.3 is 5.32 Å². The fourth-order valence-electron chi connectivity index (χ4n) is 4.71. The Bertz CT molecular complexity index is 1340. The largest absolute Gasteiger partial charge is 0.416 e. The molecule has 3 aromatic rings. The van der Waals surface area contributed by atoms with Gasteiger partial charge in [0.2, 0.25) is 5.91 Å². The summed E-state index contributed by atoms with van der Waals surface area (Å²) in [5.74, 6) is -0.391. The standard InChI is InChI=1S/C24H21ClF4N4O2S.ClH/c25-16-3-2-14(17(9-16)24(27,28)29)12-32-19-4-1-13(7-15(19)10-31-32)8-21-22(34)33(23(35)36-21)20-5-6-30-11-18(20)26;/h1-4,7,9-10,18,20-21,30H,5-6,8,11-12H2;1H/t18-,20-,21?;/m1./s1. The Morgan fingerprint density at radius 1 is 1.16 bits per heavy atom. The van der Waals surface area contributed by atoms with E-state index in [4.69, 9.17) is 11.6 Å². The molecule has 2 aliphatic rings. The summed E-state index contributed by atoms with van der Waals surface area (Å²) >= 11 is 6.67. The number of carbonyl (C=O) groups excluding carboxylic acids is 2. The van der Waals surface area contributed by atoms with Crippen molar-refractivity contribution in [3.05, 3.63) is 64.3 Å². The highest BCUT2D eigenvalue weighted by atomic mass is 35.5. The zero-order chi connectivity index (χ0) is 25.6. The van der Waals surface area contributed by atoms with E-state index in [2.05, 4.69) is 10.4 Å². The number of thioether (sulfide) groups is 1. The summed E-state index contributed by atoms with van der Waals surface area (Å²) < 4.78 is 56.2. The molecule has 1 unspecified atom stereocenters. The molecule has 2 saturated heterocycles. The number of hydrogen-bond acceptors (Lipinski definition) is 5. The Balaban J connectivity index is 0.00000320. The van der Waals surface area contributed by atoms with Gasteiger partial charge in [-0.3, -0.25) is 19.2 Å². The van der Waals surface area contributed by atoms with E-state index in [0.29, 0.717) is 23.9 Å². The second-order valence-corrected chi connectivity index (χ2v) is 10.4. The lowest BCUT2D eigenvalue weighted by Gasteiger charge is -2.32. The van der Waals surface area contributed by atoms with Crippen LogP contribution in [0.5, 0.6) is 0 Å². The van der Waals surface area contributed by atoms with Crippen LogP contribution in [0.15, 0.2) is 42.6 Å². The Kier molecular flexibility index (Phi) is 8.08. The van der Waals surface area contributed by atoms with Gasteiger partial charge in [-0.25, -0.2) is 4.39 Å². The number of imide groups is 1. The van der Waals surface area contributed by atoms with Crippen molar-refractivity contribution in [2.24, 2.45) is 0 Å². The van der Waals surface area contributed by atoms with Gasteiger partial charge in [-0.05, 0) is 54.8 Å². The molecule has 6 nitrogen and oxygen atoms in total. The summed E-state index contributed by atoms with van der Waals surface area (Å²) in [5.41, 5.74) is 0.620. The summed E-state index contributed by atoms with van der Waals surface area (Å²) in [7, 11) is 0. The normalized spacial score (nSPS) is 22.5. The predicted molar refractivity (Wildman–Crippen MR) is 136 cm³/mol. The van der Waals surface area contributed by atoms with Crippen LogP contribution in [0.3, 0.4) is 0 Å². The molecular weight excluding hydrogens is 555 g/mol. The fraction of sp³-hybridized carbons (Fsp3) is 0.375. The molecule has 13 heteroatoms. The van der Waals surface area contributed by atoms with E-state index in [1.807, 2.05) is 0 Å². The van der Waals surface area contributed by atoms with Gasteiger partial charge in [-0.2, -0.15) is 18.3 Å². The molecule has 3 atom stereocenters. The monoisotopic (exact) mass is 576 g/mol. The van der Waals surface area contributed by atoms with Gasteiger partial charge in [-0.1, -0.05) is 35.5 Å². The molecule has 0 aliphatic carbocycles. The van der Waals surface area contributed by atoms with Gasteiger partial charge in [-0.15, -0.1) is 12.4 Å². The lowest BCUT2D eigenvalue weighted by molar-refractivity contribution is -0.138. The van der Waals surface area contributed by atoms with Crippen molar-refractivity contribution in [2.75, 3.05) is 13.1 Å². The summed E-state index contributed by atoms with van der Waals surface area (Å²) in [6, 6.07) is 8.19. The van der Waals surface area contributed by atoms with Gasteiger partial charge in [0.05, 0.1) is 35.1 Å². The average Bonchev–Trinajstić information content (AvgIpc) is 3.34. The highest BCUT2D eigenvalue weighted by Gasteiger charge is 2.46. The molecule has 2 amide bonds. The van der Waals surface area contributed by atoms with E-state index < -0.39 is 40.3 Å². The van der Waals surface area contributed by atoms with E-state index >= 15 is 0 Å². The third-order valence-corrected chi connectivity index (χ3v) is 7.77. The Morgan fingerprint density at radius 3 is 2.68 bits per heavy atom. The molecule has 5 rings (SSSR count). The second kappa shape index (κ2) is 10.8. The van der Waals surface area contributed by atoms with Crippen molar-refractivity contribution in [3.63, 3.8) is 0 Å². The van der Waals surface area contributed by atoms with Crippen molar-refractivity contribution < 1.29 is 27.2 Å². The van der Waals surface area contributed by atoms with Gasteiger partial charge in [0.15, 0.2) is 0 Å². The van der Waals surface area contributed by atoms with Crippen molar-refractivity contribution in [1.29, 1.82) is 0 Å². The number of piperidine rings is 1. The second-order valence-electron chi connectivity index (χ2n) is 8.86. The van der Waals surface area contributed by atoms with Gasteiger partial charge >= 0.3 is 6.18 Å². The van der Waals surface area contributed by atoms with Crippen molar-refractivity contribution in [3.8, 4) is 0 Å².